The molecular weight excluding hydrogens is 180 g/mol. The van der Waals surface area contributed by atoms with Crippen LogP contribution in [0, 0.1) is 0 Å². The fraction of sp³-hybridized carbons (Fsp3) is 0.733. The van der Waals surface area contributed by atoms with E-state index in [1.54, 1.807) is 11.1 Å². The van der Waals surface area contributed by atoms with Gasteiger partial charge >= 0.3 is 0 Å². The highest BCUT2D eigenvalue weighted by molar-refractivity contribution is 5.08. The molecule has 0 aromatic carbocycles. The first-order valence-corrected chi connectivity index (χ1v) is 6.81. The highest BCUT2D eigenvalue weighted by Gasteiger charge is 2.06. The van der Waals surface area contributed by atoms with Gasteiger partial charge in [0.15, 0.2) is 0 Å². The molecule has 2 aliphatic carbocycles. The van der Waals surface area contributed by atoms with Crippen LogP contribution in [-0.2, 0) is 0 Å². The summed E-state index contributed by atoms with van der Waals surface area (Å²) in [6, 6.07) is 0. The van der Waals surface area contributed by atoms with Crippen LogP contribution >= 0.6 is 0 Å². The van der Waals surface area contributed by atoms with Crippen molar-refractivity contribution >= 4 is 0 Å². The molecule has 0 bridgehead atoms. The summed E-state index contributed by atoms with van der Waals surface area (Å²) in [5, 5.41) is 0. The van der Waals surface area contributed by atoms with Gasteiger partial charge in [0.05, 0.1) is 0 Å². The van der Waals surface area contributed by atoms with Crippen LogP contribution in [0.15, 0.2) is 23.3 Å². The molecule has 84 valence electrons. The summed E-state index contributed by atoms with van der Waals surface area (Å²) < 4.78 is 0. The predicted octanol–water partition coefficient (Wildman–Crippen LogP) is 5.16. The van der Waals surface area contributed by atoms with E-state index in [1.807, 2.05) is 0 Å². The van der Waals surface area contributed by atoms with Crippen molar-refractivity contribution in [1.29, 1.82) is 0 Å². The van der Waals surface area contributed by atoms with Gasteiger partial charge in [-0.3, -0.25) is 0 Å². The first-order valence-electron chi connectivity index (χ1n) is 6.81. The lowest BCUT2D eigenvalue weighted by atomic mass is 9.92. The Morgan fingerprint density at radius 3 is 1.67 bits per heavy atom. The van der Waals surface area contributed by atoms with Crippen molar-refractivity contribution in [1.82, 2.24) is 0 Å². The third kappa shape index (κ3) is 3.85. The molecule has 0 saturated heterocycles. The van der Waals surface area contributed by atoms with E-state index in [1.165, 1.54) is 70.6 Å². The third-order valence-corrected chi connectivity index (χ3v) is 3.77. The second kappa shape index (κ2) is 6.15. The molecule has 2 aliphatic rings. The molecule has 0 heteroatoms. The minimum atomic E-state index is 1.35. The Morgan fingerprint density at radius 2 is 1.27 bits per heavy atom. The zero-order valence-corrected chi connectivity index (χ0v) is 9.93. The van der Waals surface area contributed by atoms with Gasteiger partial charge < -0.3 is 0 Å². The number of rotatable bonds is 4. The van der Waals surface area contributed by atoms with Crippen molar-refractivity contribution in [3.05, 3.63) is 23.3 Å². The number of allylic oxidation sites excluding steroid dienone is 4. The average molecular weight is 204 g/mol. The number of hydrogen-bond acceptors (Lipinski definition) is 0. The fourth-order valence-corrected chi connectivity index (χ4v) is 2.81. The molecule has 0 saturated carbocycles. The lowest BCUT2D eigenvalue weighted by molar-refractivity contribution is 0.633. The van der Waals surface area contributed by atoms with Gasteiger partial charge in [0.1, 0.15) is 0 Å². The first kappa shape index (κ1) is 11.0. The second-order valence-electron chi connectivity index (χ2n) is 5.07. The van der Waals surface area contributed by atoms with Crippen LogP contribution in [0.25, 0.3) is 0 Å². The average Bonchev–Trinajstić information content (AvgIpc) is 2.32. The molecule has 0 heterocycles. The maximum Gasteiger partial charge on any atom is -0.0317 e. The Morgan fingerprint density at radius 1 is 0.733 bits per heavy atom. The standard InChI is InChI=1S/C15H24/c1-3-8-14(9-4-1)12-7-13-15-10-5-2-6-11-15/h8,10H,1-7,9,11-13H2. The van der Waals surface area contributed by atoms with E-state index in [0.717, 1.165) is 0 Å². The molecule has 0 amide bonds. The van der Waals surface area contributed by atoms with Gasteiger partial charge in [-0.2, -0.15) is 0 Å². The Labute approximate surface area is 94.5 Å². The summed E-state index contributed by atoms with van der Waals surface area (Å²) in [5.41, 5.74) is 3.50. The fourth-order valence-electron chi connectivity index (χ4n) is 2.81. The Bertz CT molecular complexity index is 219. The summed E-state index contributed by atoms with van der Waals surface area (Å²) in [5.74, 6) is 0. The van der Waals surface area contributed by atoms with Gasteiger partial charge in [-0.25, -0.2) is 0 Å². The predicted molar refractivity (Wildman–Crippen MR) is 67.0 cm³/mol. The Hall–Kier alpha value is -0.520. The Kier molecular flexibility index (Phi) is 4.50. The van der Waals surface area contributed by atoms with Crippen molar-refractivity contribution in [2.75, 3.05) is 0 Å². The van der Waals surface area contributed by atoms with E-state index in [2.05, 4.69) is 12.2 Å². The van der Waals surface area contributed by atoms with E-state index < -0.39 is 0 Å². The summed E-state index contributed by atoms with van der Waals surface area (Å²) >= 11 is 0. The molecule has 0 nitrogen and oxygen atoms in total. The van der Waals surface area contributed by atoms with Crippen molar-refractivity contribution in [3.63, 3.8) is 0 Å². The summed E-state index contributed by atoms with van der Waals surface area (Å²) in [4.78, 5) is 0. The minimum Gasteiger partial charge on any atom is -0.0853 e. The van der Waals surface area contributed by atoms with Crippen LogP contribution in [-0.4, -0.2) is 0 Å². The molecule has 0 fully saturated rings. The van der Waals surface area contributed by atoms with Crippen molar-refractivity contribution in [3.8, 4) is 0 Å². The van der Waals surface area contributed by atoms with E-state index in [4.69, 9.17) is 0 Å². The smallest absolute Gasteiger partial charge is 0.0317 e. The maximum atomic E-state index is 2.50. The van der Waals surface area contributed by atoms with Crippen molar-refractivity contribution in [2.24, 2.45) is 0 Å². The monoisotopic (exact) mass is 204 g/mol. The van der Waals surface area contributed by atoms with E-state index >= 15 is 0 Å². The van der Waals surface area contributed by atoms with Gasteiger partial charge in [-0.05, 0) is 70.6 Å². The highest BCUT2D eigenvalue weighted by Crippen LogP contribution is 2.26. The molecular formula is C15H24. The van der Waals surface area contributed by atoms with Gasteiger partial charge in [0.25, 0.3) is 0 Å². The summed E-state index contributed by atoms with van der Waals surface area (Å²) in [6.45, 7) is 0. The van der Waals surface area contributed by atoms with E-state index in [9.17, 15) is 0 Å². The van der Waals surface area contributed by atoms with Gasteiger partial charge in [0, 0.05) is 0 Å². The maximum absolute atomic E-state index is 2.50. The molecule has 0 N–H and O–H groups in total. The van der Waals surface area contributed by atoms with Crippen LogP contribution in [0.3, 0.4) is 0 Å². The number of hydrogen-bond donors (Lipinski definition) is 0. The van der Waals surface area contributed by atoms with Crippen LogP contribution < -0.4 is 0 Å². The molecule has 0 aromatic heterocycles. The molecule has 0 radical (unpaired) electrons. The molecule has 0 spiro atoms. The zero-order valence-electron chi connectivity index (χ0n) is 9.93. The zero-order chi connectivity index (χ0) is 10.3. The summed E-state index contributed by atoms with van der Waals surface area (Å²) in [6.07, 6.45) is 20.3. The largest absolute Gasteiger partial charge is 0.0853 e. The first-order chi connectivity index (χ1) is 7.45. The van der Waals surface area contributed by atoms with Crippen LogP contribution in [0.4, 0.5) is 0 Å². The third-order valence-electron chi connectivity index (χ3n) is 3.77. The molecule has 0 unspecified atom stereocenters. The quantitative estimate of drug-likeness (QED) is 0.555. The van der Waals surface area contributed by atoms with Gasteiger partial charge in [-0.1, -0.05) is 23.3 Å². The molecule has 0 aromatic rings. The van der Waals surface area contributed by atoms with Crippen molar-refractivity contribution in [2.45, 2.75) is 70.6 Å². The lowest BCUT2D eigenvalue weighted by Gasteiger charge is -2.15. The molecule has 0 atom stereocenters. The van der Waals surface area contributed by atoms with E-state index in [-0.39, 0.29) is 0 Å². The van der Waals surface area contributed by atoms with Crippen LogP contribution in [0.2, 0.25) is 0 Å². The Balaban J connectivity index is 1.65. The topological polar surface area (TPSA) is 0 Å². The van der Waals surface area contributed by atoms with Gasteiger partial charge in [0.2, 0.25) is 0 Å². The normalized spacial score (nSPS) is 22.1. The summed E-state index contributed by atoms with van der Waals surface area (Å²) in [7, 11) is 0. The van der Waals surface area contributed by atoms with Crippen LogP contribution in [0.5, 0.6) is 0 Å². The molecule has 15 heavy (non-hydrogen) atoms. The SMILES string of the molecule is C1=C(CCCC2=CCCCC2)CCCC1. The second-order valence-corrected chi connectivity index (χ2v) is 5.07. The minimum absolute atomic E-state index is 1.35. The lowest BCUT2D eigenvalue weighted by Crippen LogP contribution is -1.95. The molecule has 0 aliphatic heterocycles. The van der Waals surface area contributed by atoms with Crippen molar-refractivity contribution < 1.29 is 0 Å². The highest BCUT2D eigenvalue weighted by atomic mass is 14.1. The van der Waals surface area contributed by atoms with Gasteiger partial charge in [-0.15, -0.1) is 0 Å². The van der Waals surface area contributed by atoms with E-state index in [0.29, 0.717) is 0 Å². The molecule has 2 rings (SSSR count). The van der Waals surface area contributed by atoms with Crippen LogP contribution in [0.1, 0.15) is 70.6 Å².